The average Bonchev–Trinajstić information content (AvgIpc) is 2.93. The molecule has 4 nitrogen and oxygen atoms in total. The Labute approximate surface area is 174 Å². The molecule has 0 radical (unpaired) electrons. The van der Waals surface area contributed by atoms with Crippen LogP contribution in [0.25, 0.3) is 11.0 Å². The minimum absolute atomic E-state index is 0.290. The number of ether oxygens (including phenoxy) is 1. The van der Waals surface area contributed by atoms with E-state index < -0.39 is 0 Å². The van der Waals surface area contributed by atoms with Gasteiger partial charge in [-0.2, -0.15) is 0 Å². The SMILES string of the molecule is O=C(OCCc1nc2ccccc2[nH]1)c1cc(I)cc(I)c1I. The zero-order valence-electron chi connectivity index (χ0n) is 11.8. The third kappa shape index (κ3) is 4.16. The average molecular weight is 644 g/mol. The molecule has 0 atom stereocenters. The second-order valence-corrected chi connectivity index (χ2v) is 8.32. The van der Waals surface area contributed by atoms with Crippen molar-refractivity contribution >= 4 is 84.8 Å². The second-order valence-electron chi connectivity index (χ2n) is 4.84. The Morgan fingerprint density at radius 3 is 2.74 bits per heavy atom. The molecule has 3 rings (SSSR count). The summed E-state index contributed by atoms with van der Waals surface area (Å²) in [5, 5.41) is 0. The number of rotatable bonds is 4. The van der Waals surface area contributed by atoms with Crippen molar-refractivity contribution in [1.82, 2.24) is 9.97 Å². The number of esters is 1. The summed E-state index contributed by atoms with van der Waals surface area (Å²) in [6, 6.07) is 11.7. The number of benzene rings is 2. The zero-order valence-corrected chi connectivity index (χ0v) is 18.2. The first-order valence-corrected chi connectivity index (χ1v) is 10.0. The zero-order chi connectivity index (χ0) is 16.4. The van der Waals surface area contributed by atoms with E-state index in [1.165, 1.54) is 0 Å². The maximum absolute atomic E-state index is 12.3. The lowest BCUT2D eigenvalue weighted by Gasteiger charge is -2.08. The molecule has 0 saturated carbocycles. The quantitative estimate of drug-likeness (QED) is 0.253. The van der Waals surface area contributed by atoms with E-state index in [1.807, 2.05) is 36.4 Å². The summed E-state index contributed by atoms with van der Waals surface area (Å²) in [5.41, 5.74) is 2.54. The van der Waals surface area contributed by atoms with Crippen LogP contribution < -0.4 is 0 Å². The summed E-state index contributed by atoms with van der Waals surface area (Å²) in [6.07, 6.45) is 0.567. The molecule has 0 bridgehead atoms. The maximum atomic E-state index is 12.3. The molecule has 0 unspecified atom stereocenters. The number of nitrogens with zero attached hydrogens (tertiary/aromatic N) is 1. The van der Waals surface area contributed by atoms with Gasteiger partial charge in [0.25, 0.3) is 0 Å². The summed E-state index contributed by atoms with van der Waals surface area (Å²) in [4.78, 5) is 20.0. The number of carbonyl (C=O) groups excluding carboxylic acids is 1. The predicted octanol–water partition coefficient (Wildman–Crippen LogP) is 4.78. The molecule has 23 heavy (non-hydrogen) atoms. The molecule has 0 spiro atoms. The maximum Gasteiger partial charge on any atom is 0.339 e. The van der Waals surface area contributed by atoms with Crippen LogP contribution in [0.1, 0.15) is 16.2 Å². The Morgan fingerprint density at radius 2 is 1.96 bits per heavy atom. The summed E-state index contributed by atoms with van der Waals surface area (Å²) in [5.74, 6) is 0.535. The first kappa shape index (κ1) is 17.4. The summed E-state index contributed by atoms with van der Waals surface area (Å²) >= 11 is 6.61. The Kier molecular flexibility index (Phi) is 5.78. The number of aromatic nitrogens is 2. The van der Waals surface area contributed by atoms with E-state index in [0.717, 1.165) is 27.6 Å². The van der Waals surface area contributed by atoms with E-state index in [9.17, 15) is 4.79 Å². The summed E-state index contributed by atoms with van der Waals surface area (Å²) < 4.78 is 8.42. The van der Waals surface area contributed by atoms with E-state index >= 15 is 0 Å². The minimum atomic E-state index is -0.290. The number of nitrogens with one attached hydrogen (secondary N) is 1. The molecule has 0 saturated heterocycles. The van der Waals surface area contributed by atoms with Crippen LogP contribution in [0.2, 0.25) is 0 Å². The van der Waals surface area contributed by atoms with Crippen LogP contribution in [0.4, 0.5) is 0 Å². The van der Waals surface area contributed by atoms with Gasteiger partial charge >= 0.3 is 5.97 Å². The number of hydrogen-bond donors (Lipinski definition) is 1. The first-order chi connectivity index (χ1) is 11.0. The molecule has 0 amide bonds. The van der Waals surface area contributed by atoms with Crippen LogP contribution in [0, 0.1) is 10.7 Å². The fraction of sp³-hybridized carbons (Fsp3) is 0.125. The molecule has 2 aromatic carbocycles. The highest BCUT2D eigenvalue weighted by molar-refractivity contribution is 14.1. The van der Waals surface area contributed by atoms with Gasteiger partial charge in [-0.1, -0.05) is 12.1 Å². The van der Waals surface area contributed by atoms with Crippen LogP contribution in [0.15, 0.2) is 36.4 Å². The van der Waals surface area contributed by atoms with Gasteiger partial charge in [0.15, 0.2) is 0 Å². The van der Waals surface area contributed by atoms with Crippen molar-refractivity contribution in [2.24, 2.45) is 0 Å². The van der Waals surface area contributed by atoms with Gasteiger partial charge in [0.2, 0.25) is 0 Å². The smallest absolute Gasteiger partial charge is 0.339 e. The van der Waals surface area contributed by atoms with Gasteiger partial charge < -0.3 is 9.72 Å². The lowest BCUT2D eigenvalue weighted by molar-refractivity contribution is 0.0506. The lowest BCUT2D eigenvalue weighted by Crippen LogP contribution is -2.11. The van der Waals surface area contributed by atoms with Crippen molar-refractivity contribution < 1.29 is 9.53 Å². The molecule has 118 valence electrons. The van der Waals surface area contributed by atoms with Crippen LogP contribution in [0.3, 0.4) is 0 Å². The predicted molar refractivity (Wildman–Crippen MR) is 115 cm³/mol. The topological polar surface area (TPSA) is 55.0 Å². The van der Waals surface area contributed by atoms with Crippen LogP contribution >= 0.6 is 67.8 Å². The molecule has 0 aliphatic carbocycles. The lowest BCUT2D eigenvalue weighted by atomic mass is 10.2. The van der Waals surface area contributed by atoms with E-state index in [-0.39, 0.29) is 5.97 Å². The molecule has 0 fully saturated rings. The minimum Gasteiger partial charge on any atom is -0.462 e. The standard InChI is InChI=1S/C16H11I3N2O2/c17-9-7-10(15(19)11(18)8-9)16(22)23-6-5-14-20-12-3-1-2-4-13(12)21-14/h1-4,7-8H,5-6H2,(H,20,21). The summed E-state index contributed by atoms with van der Waals surface area (Å²) in [7, 11) is 0. The van der Waals surface area contributed by atoms with Gasteiger partial charge in [-0.05, 0) is 92.0 Å². The second kappa shape index (κ2) is 7.64. The first-order valence-electron chi connectivity index (χ1n) is 6.80. The van der Waals surface area contributed by atoms with Crippen molar-refractivity contribution in [2.75, 3.05) is 6.61 Å². The van der Waals surface area contributed by atoms with Crippen LogP contribution in [-0.4, -0.2) is 22.5 Å². The highest BCUT2D eigenvalue weighted by atomic mass is 127. The van der Waals surface area contributed by atoms with Gasteiger partial charge in [-0.3, -0.25) is 0 Å². The monoisotopic (exact) mass is 644 g/mol. The number of H-pyrrole nitrogens is 1. The molecule has 1 N–H and O–H groups in total. The van der Waals surface area contributed by atoms with Crippen molar-refractivity contribution in [3.63, 3.8) is 0 Å². The number of para-hydroxylation sites is 2. The Hall–Kier alpha value is -0.430. The molecule has 0 aliphatic heterocycles. The summed E-state index contributed by atoms with van der Waals surface area (Å²) in [6.45, 7) is 0.302. The van der Waals surface area contributed by atoms with Crippen molar-refractivity contribution in [1.29, 1.82) is 0 Å². The van der Waals surface area contributed by atoms with Crippen LogP contribution in [-0.2, 0) is 11.2 Å². The molecule has 1 heterocycles. The Balaban J connectivity index is 1.65. The molecule has 7 heteroatoms. The largest absolute Gasteiger partial charge is 0.462 e. The number of fused-ring (bicyclic) bond motifs is 1. The normalized spacial score (nSPS) is 10.9. The third-order valence-electron chi connectivity index (χ3n) is 3.22. The number of hydrogen-bond acceptors (Lipinski definition) is 3. The Morgan fingerprint density at radius 1 is 1.17 bits per heavy atom. The van der Waals surface area contributed by atoms with Gasteiger partial charge in [-0.15, -0.1) is 0 Å². The van der Waals surface area contributed by atoms with Gasteiger partial charge in [0, 0.05) is 17.1 Å². The fourth-order valence-electron chi connectivity index (χ4n) is 2.15. The number of aromatic amines is 1. The highest BCUT2D eigenvalue weighted by Gasteiger charge is 2.15. The van der Waals surface area contributed by atoms with Crippen molar-refractivity contribution in [2.45, 2.75) is 6.42 Å². The number of halogens is 3. The Bertz CT molecular complexity index is 844. The van der Waals surface area contributed by atoms with E-state index in [2.05, 4.69) is 77.7 Å². The van der Waals surface area contributed by atoms with Gasteiger partial charge in [0.05, 0.1) is 23.2 Å². The van der Waals surface area contributed by atoms with Gasteiger partial charge in [0.1, 0.15) is 5.82 Å². The van der Waals surface area contributed by atoms with Crippen LogP contribution in [0.5, 0.6) is 0 Å². The molecular formula is C16H11I3N2O2. The molecule has 3 aromatic rings. The fourth-order valence-corrected chi connectivity index (χ4v) is 4.52. The third-order valence-corrected chi connectivity index (χ3v) is 6.89. The van der Waals surface area contributed by atoms with Crippen molar-refractivity contribution in [3.8, 4) is 0 Å². The van der Waals surface area contributed by atoms with E-state index in [4.69, 9.17) is 4.74 Å². The molecular weight excluding hydrogens is 633 g/mol. The van der Waals surface area contributed by atoms with Crippen molar-refractivity contribution in [3.05, 3.63) is 58.5 Å². The molecule has 0 aliphatic rings. The molecule has 1 aromatic heterocycles. The number of imidazole rings is 1. The van der Waals surface area contributed by atoms with E-state index in [1.54, 1.807) is 0 Å². The van der Waals surface area contributed by atoms with Gasteiger partial charge in [-0.25, -0.2) is 9.78 Å². The van der Waals surface area contributed by atoms with E-state index in [0.29, 0.717) is 18.6 Å². The number of carbonyl (C=O) groups is 1. The highest BCUT2D eigenvalue weighted by Crippen LogP contribution is 2.23.